The Kier molecular flexibility index (Phi) is 4.67. The first-order valence-electron chi connectivity index (χ1n) is 7.67. The van der Waals surface area contributed by atoms with Gasteiger partial charge in [-0.3, -0.25) is 9.48 Å². The number of halogens is 1. The molecule has 24 heavy (non-hydrogen) atoms. The van der Waals surface area contributed by atoms with Gasteiger partial charge in [-0.25, -0.2) is 0 Å². The van der Waals surface area contributed by atoms with Crippen LogP contribution in [0.1, 0.15) is 27.0 Å². The lowest BCUT2D eigenvalue weighted by Gasteiger charge is -2.07. The second-order valence-corrected chi connectivity index (χ2v) is 6.20. The molecule has 2 aromatic carbocycles. The van der Waals surface area contributed by atoms with E-state index in [0.29, 0.717) is 22.8 Å². The van der Waals surface area contributed by atoms with E-state index >= 15 is 0 Å². The Bertz CT molecular complexity index is 886. The van der Waals surface area contributed by atoms with E-state index in [1.165, 1.54) is 0 Å². The van der Waals surface area contributed by atoms with E-state index in [4.69, 9.17) is 11.6 Å². The van der Waals surface area contributed by atoms with Crippen LogP contribution in [0.25, 0.3) is 0 Å². The molecule has 0 unspecified atom stereocenters. The largest absolute Gasteiger partial charge is 0.319 e. The molecule has 0 spiro atoms. The maximum atomic E-state index is 12.4. The second-order valence-electron chi connectivity index (χ2n) is 5.79. The summed E-state index contributed by atoms with van der Waals surface area (Å²) >= 11 is 6.16. The van der Waals surface area contributed by atoms with Crippen molar-refractivity contribution in [2.24, 2.45) is 0 Å². The SMILES string of the molecule is Cc1ccc(C(=O)Nc2cnn(Cc3ccccc3Cl)c2)c(C)c1. The van der Waals surface area contributed by atoms with Gasteiger partial charge < -0.3 is 5.32 Å². The smallest absolute Gasteiger partial charge is 0.256 e. The molecule has 1 heterocycles. The van der Waals surface area contributed by atoms with Crippen LogP contribution in [0.4, 0.5) is 5.69 Å². The van der Waals surface area contributed by atoms with Gasteiger partial charge >= 0.3 is 0 Å². The normalized spacial score (nSPS) is 10.6. The van der Waals surface area contributed by atoms with Crippen molar-refractivity contribution in [3.63, 3.8) is 0 Å². The maximum absolute atomic E-state index is 12.4. The Morgan fingerprint density at radius 1 is 1.21 bits per heavy atom. The average Bonchev–Trinajstić information content (AvgIpc) is 2.96. The molecular formula is C19H18ClN3O. The summed E-state index contributed by atoms with van der Waals surface area (Å²) in [4.78, 5) is 12.4. The Labute approximate surface area is 146 Å². The molecule has 4 nitrogen and oxygen atoms in total. The number of anilines is 1. The van der Waals surface area contributed by atoms with Crippen LogP contribution >= 0.6 is 11.6 Å². The Balaban J connectivity index is 1.72. The topological polar surface area (TPSA) is 46.9 Å². The van der Waals surface area contributed by atoms with Gasteiger partial charge in [0.05, 0.1) is 18.4 Å². The van der Waals surface area contributed by atoms with Gasteiger partial charge in [-0.2, -0.15) is 5.10 Å². The van der Waals surface area contributed by atoms with Crippen molar-refractivity contribution in [3.8, 4) is 0 Å². The van der Waals surface area contributed by atoms with Gasteiger partial charge in [0.2, 0.25) is 0 Å². The summed E-state index contributed by atoms with van der Waals surface area (Å²) in [6.07, 6.45) is 3.43. The number of aromatic nitrogens is 2. The van der Waals surface area contributed by atoms with Crippen LogP contribution in [-0.2, 0) is 6.54 Å². The first-order chi connectivity index (χ1) is 11.5. The zero-order chi connectivity index (χ0) is 17.1. The minimum absolute atomic E-state index is 0.134. The predicted octanol–water partition coefficient (Wildman–Crippen LogP) is 4.45. The average molecular weight is 340 g/mol. The molecule has 1 aromatic heterocycles. The zero-order valence-corrected chi connectivity index (χ0v) is 14.3. The number of nitrogens with zero attached hydrogens (tertiary/aromatic N) is 2. The molecule has 1 N–H and O–H groups in total. The van der Waals surface area contributed by atoms with Crippen molar-refractivity contribution >= 4 is 23.2 Å². The van der Waals surface area contributed by atoms with Crippen LogP contribution in [0.2, 0.25) is 5.02 Å². The van der Waals surface area contributed by atoms with Gasteiger partial charge in [0.15, 0.2) is 0 Å². The summed E-state index contributed by atoms with van der Waals surface area (Å²) in [7, 11) is 0. The van der Waals surface area contributed by atoms with Crippen molar-refractivity contribution in [2.75, 3.05) is 5.32 Å². The lowest BCUT2D eigenvalue weighted by Crippen LogP contribution is -2.13. The lowest BCUT2D eigenvalue weighted by molar-refractivity contribution is 0.102. The monoisotopic (exact) mass is 339 g/mol. The summed E-state index contributed by atoms with van der Waals surface area (Å²) < 4.78 is 1.75. The zero-order valence-electron chi connectivity index (χ0n) is 13.6. The highest BCUT2D eigenvalue weighted by molar-refractivity contribution is 6.31. The van der Waals surface area contributed by atoms with Gasteiger partial charge in [-0.05, 0) is 37.1 Å². The minimum Gasteiger partial charge on any atom is -0.319 e. The first kappa shape index (κ1) is 16.3. The summed E-state index contributed by atoms with van der Waals surface area (Å²) in [5.41, 5.74) is 4.40. The summed E-state index contributed by atoms with van der Waals surface area (Å²) in [5.74, 6) is -0.134. The second kappa shape index (κ2) is 6.89. The molecule has 0 aliphatic rings. The van der Waals surface area contributed by atoms with Crippen LogP contribution in [0.15, 0.2) is 54.9 Å². The van der Waals surface area contributed by atoms with E-state index in [1.807, 2.05) is 56.3 Å². The van der Waals surface area contributed by atoms with E-state index < -0.39 is 0 Å². The summed E-state index contributed by atoms with van der Waals surface area (Å²) in [6, 6.07) is 13.4. The molecule has 0 saturated carbocycles. The van der Waals surface area contributed by atoms with Crippen LogP contribution in [0, 0.1) is 13.8 Å². The van der Waals surface area contributed by atoms with Crippen molar-refractivity contribution in [1.29, 1.82) is 0 Å². The number of rotatable bonds is 4. The fraction of sp³-hybridized carbons (Fsp3) is 0.158. The van der Waals surface area contributed by atoms with Crippen molar-refractivity contribution < 1.29 is 4.79 Å². The van der Waals surface area contributed by atoms with Crippen molar-refractivity contribution in [1.82, 2.24) is 9.78 Å². The van der Waals surface area contributed by atoms with Crippen molar-refractivity contribution in [2.45, 2.75) is 20.4 Å². The number of carbonyl (C=O) groups excluding carboxylic acids is 1. The Morgan fingerprint density at radius 3 is 2.75 bits per heavy atom. The Morgan fingerprint density at radius 2 is 2.00 bits per heavy atom. The van der Waals surface area contributed by atoms with E-state index in [2.05, 4.69) is 10.4 Å². The lowest BCUT2D eigenvalue weighted by atomic mass is 10.1. The van der Waals surface area contributed by atoms with Gasteiger partial charge in [-0.1, -0.05) is 47.5 Å². The number of benzene rings is 2. The molecular weight excluding hydrogens is 322 g/mol. The number of hydrogen-bond donors (Lipinski definition) is 1. The standard InChI is InChI=1S/C19H18ClN3O/c1-13-7-8-17(14(2)9-13)19(24)22-16-10-21-23(12-16)11-15-5-3-4-6-18(15)20/h3-10,12H,11H2,1-2H3,(H,22,24). The highest BCUT2D eigenvalue weighted by Crippen LogP contribution is 2.17. The predicted molar refractivity (Wildman–Crippen MR) is 96.7 cm³/mol. The number of amides is 1. The quantitative estimate of drug-likeness (QED) is 0.763. The third-order valence-electron chi connectivity index (χ3n) is 3.81. The molecule has 0 aliphatic carbocycles. The Hall–Kier alpha value is -2.59. The molecule has 5 heteroatoms. The molecule has 0 aliphatic heterocycles. The number of hydrogen-bond acceptors (Lipinski definition) is 2. The van der Waals surface area contributed by atoms with E-state index in [-0.39, 0.29) is 5.91 Å². The molecule has 3 aromatic rings. The van der Waals surface area contributed by atoms with Gasteiger partial charge in [0.1, 0.15) is 0 Å². The minimum atomic E-state index is -0.134. The molecule has 0 fully saturated rings. The molecule has 122 valence electrons. The fourth-order valence-electron chi connectivity index (χ4n) is 2.58. The highest BCUT2D eigenvalue weighted by atomic mass is 35.5. The van der Waals surface area contributed by atoms with Crippen molar-refractivity contribution in [3.05, 3.63) is 82.1 Å². The van der Waals surface area contributed by atoms with Crippen LogP contribution < -0.4 is 5.32 Å². The van der Waals surface area contributed by atoms with Gasteiger partial charge in [-0.15, -0.1) is 0 Å². The fourth-order valence-corrected chi connectivity index (χ4v) is 2.78. The van der Waals surface area contributed by atoms with Crippen LogP contribution in [-0.4, -0.2) is 15.7 Å². The molecule has 0 radical (unpaired) electrons. The van der Waals surface area contributed by atoms with E-state index in [1.54, 1.807) is 17.1 Å². The highest BCUT2D eigenvalue weighted by Gasteiger charge is 2.11. The molecule has 0 atom stereocenters. The molecule has 3 rings (SSSR count). The van der Waals surface area contributed by atoms with Crippen LogP contribution in [0.5, 0.6) is 0 Å². The van der Waals surface area contributed by atoms with E-state index in [9.17, 15) is 4.79 Å². The summed E-state index contributed by atoms with van der Waals surface area (Å²) in [5, 5.41) is 7.87. The van der Waals surface area contributed by atoms with Gasteiger partial charge in [0.25, 0.3) is 5.91 Å². The molecule has 1 amide bonds. The number of aryl methyl sites for hydroxylation is 2. The number of carbonyl (C=O) groups is 1. The van der Waals surface area contributed by atoms with Gasteiger partial charge in [0, 0.05) is 16.8 Å². The third-order valence-corrected chi connectivity index (χ3v) is 4.18. The first-order valence-corrected chi connectivity index (χ1v) is 8.05. The molecule has 0 bridgehead atoms. The van der Waals surface area contributed by atoms with E-state index in [0.717, 1.165) is 16.7 Å². The molecule has 0 saturated heterocycles. The maximum Gasteiger partial charge on any atom is 0.256 e. The summed E-state index contributed by atoms with van der Waals surface area (Å²) in [6.45, 7) is 4.50. The third kappa shape index (κ3) is 3.66. The number of nitrogens with one attached hydrogen (secondary N) is 1. The van der Waals surface area contributed by atoms with Crippen LogP contribution in [0.3, 0.4) is 0 Å².